The second-order valence-electron chi connectivity index (χ2n) is 6.00. The van der Waals surface area contributed by atoms with Crippen molar-refractivity contribution >= 4 is 15.9 Å². The minimum atomic E-state index is -3.82. The summed E-state index contributed by atoms with van der Waals surface area (Å²) in [7, 11) is -2.31. The van der Waals surface area contributed by atoms with Crippen LogP contribution in [-0.2, 0) is 14.8 Å². The van der Waals surface area contributed by atoms with Crippen LogP contribution in [0.4, 0.5) is 0 Å². The molecule has 0 radical (unpaired) electrons. The summed E-state index contributed by atoms with van der Waals surface area (Å²) >= 11 is 0. The third-order valence-corrected chi connectivity index (χ3v) is 6.78. The van der Waals surface area contributed by atoms with Gasteiger partial charge in [-0.25, -0.2) is 13.9 Å². The minimum absolute atomic E-state index is 0.0554. The summed E-state index contributed by atoms with van der Waals surface area (Å²) in [5.41, 5.74) is 1.63. The van der Waals surface area contributed by atoms with Crippen LogP contribution in [0.1, 0.15) is 25.7 Å². The van der Waals surface area contributed by atoms with Crippen LogP contribution in [0.3, 0.4) is 0 Å². The number of fused-ring (bicyclic) bond motifs is 3. The fourth-order valence-electron chi connectivity index (χ4n) is 3.72. The number of sulfonamides is 1. The second-order valence-corrected chi connectivity index (χ2v) is 7.84. The van der Waals surface area contributed by atoms with E-state index in [4.69, 9.17) is 9.94 Å². The zero-order valence-electron chi connectivity index (χ0n) is 12.8. The zero-order chi connectivity index (χ0) is 16.6. The number of hydrogen-bond acceptors (Lipinski definition) is 5. The summed E-state index contributed by atoms with van der Waals surface area (Å²) in [6, 6.07) is 5.07. The molecule has 1 aliphatic carbocycles. The molecule has 2 aliphatic heterocycles. The zero-order valence-corrected chi connectivity index (χ0v) is 13.6. The Morgan fingerprint density at radius 2 is 1.83 bits per heavy atom. The summed E-state index contributed by atoms with van der Waals surface area (Å²) in [5.74, 6) is -0.148. The number of nitrogens with one attached hydrogen (secondary N) is 1. The highest BCUT2D eigenvalue weighted by atomic mass is 32.2. The number of benzene rings is 1. The Hall–Kier alpha value is -1.64. The summed E-state index contributed by atoms with van der Waals surface area (Å²) < 4.78 is 32.4. The number of methoxy groups -OCH3 is 1. The maximum atomic E-state index is 13.0. The van der Waals surface area contributed by atoms with Crippen LogP contribution in [0.5, 0.6) is 5.75 Å². The summed E-state index contributed by atoms with van der Waals surface area (Å²) in [6.45, 7) is 0. The van der Waals surface area contributed by atoms with E-state index in [2.05, 4.69) is 0 Å². The molecule has 8 heteroatoms. The van der Waals surface area contributed by atoms with E-state index >= 15 is 0 Å². The molecule has 2 N–H and O–H groups in total. The molecule has 2 bridgehead atoms. The average Bonchev–Trinajstić information content (AvgIpc) is 2.61. The first kappa shape index (κ1) is 16.2. The van der Waals surface area contributed by atoms with Crippen LogP contribution in [0.25, 0.3) is 0 Å². The molecule has 0 spiro atoms. The van der Waals surface area contributed by atoms with Crippen molar-refractivity contribution in [2.45, 2.75) is 42.7 Å². The Bertz CT molecular complexity index is 680. The lowest BCUT2D eigenvalue weighted by atomic mass is 9.76. The van der Waals surface area contributed by atoms with Crippen LogP contribution in [-0.4, -0.2) is 43.0 Å². The third-order valence-electron chi connectivity index (χ3n) is 4.84. The standard InChI is InChI=1S/C15H20N2O5S/c1-22-12-6-8-13(9-7-12)23(20,21)17-11-4-2-10(3-5-11)14(17)15(18)16-19/h6-11,14,19H,2-5H2,1H3,(H,16,18)/t10?,11?,14-/m1/s1. The summed E-state index contributed by atoms with van der Waals surface area (Å²) in [4.78, 5) is 12.2. The number of carbonyl (C=O) groups is 1. The maximum absolute atomic E-state index is 13.0. The van der Waals surface area contributed by atoms with Gasteiger partial charge in [-0.15, -0.1) is 0 Å². The molecule has 7 nitrogen and oxygen atoms in total. The van der Waals surface area contributed by atoms with Gasteiger partial charge in [0.25, 0.3) is 5.91 Å². The lowest BCUT2D eigenvalue weighted by Gasteiger charge is -2.49. The van der Waals surface area contributed by atoms with Crippen molar-refractivity contribution in [3.63, 3.8) is 0 Å². The largest absolute Gasteiger partial charge is 0.497 e. The number of hydrogen-bond donors (Lipinski definition) is 2. The summed E-state index contributed by atoms with van der Waals surface area (Å²) in [6.07, 6.45) is 3.10. The molecule has 2 saturated heterocycles. The fraction of sp³-hybridized carbons (Fsp3) is 0.533. The van der Waals surface area contributed by atoms with Crippen molar-refractivity contribution in [2.24, 2.45) is 5.92 Å². The van der Waals surface area contributed by atoms with Crippen molar-refractivity contribution in [1.82, 2.24) is 9.79 Å². The van der Waals surface area contributed by atoms with E-state index in [1.807, 2.05) is 0 Å². The fourth-order valence-corrected chi connectivity index (χ4v) is 5.61. The van der Waals surface area contributed by atoms with Crippen molar-refractivity contribution in [1.29, 1.82) is 0 Å². The number of nitrogens with zero attached hydrogens (tertiary/aromatic N) is 1. The Kier molecular flexibility index (Phi) is 4.31. The number of piperidine rings is 2. The van der Waals surface area contributed by atoms with Crippen LogP contribution < -0.4 is 10.2 Å². The van der Waals surface area contributed by atoms with Crippen molar-refractivity contribution in [2.75, 3.05) is 7.11 Å². The van der Waals surface area contributed by atoms with E-state index in [1.165, 1.54) is 23.5 Å². The molecule has 0 unspecified atom stereocenters. The molecule has 1 aromatic carbocycles. The molecule has 126 valence electrons. The molecule has 23 heavy (non-hydrogen) atoms. The molecular weight excluding hydrogens is 320 g/mol. The van der Waals surface area contributed by atoms with Gasteiger partial charge in [0.05, 0.1) is 12.0 Å². The number of rotatable bonds is 4. The highest BCUT2D eigenvalue weighted by molar-refractivity contribution is 7.89. The van der Waals surface area contributed by atoms with E-state index in [-0.39, 0.29) is 16.9 Å². The first-order valence-electron chi connectivity index (χ1n) is 7.60. The number of amides is 1. The maximum Gasteiger partial charge on any atom is 0.262 e. The molecule has 1 saturated carbocycles. The minimum Gasteiger partial charge on any atom is -0.497 e. The average molecular weight is 340 g/mol. The molecule has 1 aromatic rings. The van der Waals surface area contributed by atoms with Crippen LogP contribution in [0.15, 0.2) is 29.2 Å². The van der Waals surface area contributed by atoms with E-state index in [1.54, 1.807) is 17.6 Å². The number of carbonyl (C=O) groups excluding carboxylic acids is 1. The molecule has 1 atom stereocenters. The molecule has 3 aliphatic rings. The van der Waals surface area contributed by atoms with Gasteiger partial charge < -0.3 is 4.74 Å². The van der Waals surface area contributed by atoms with Crippen LogP contribution >= 0.6 is 0 Å². The topological polar surface area (TPSA) is 95.9 Å². The van der Waals surface area contributed by atoms with E-state index in [9.17, 15) is 13.2 Å². The van der Waals surface area contributed by atoms with Gasteiger partial charge >= 0.3 is 0 Å². The van der Waals surface area contributed by atoms with Gasteiger partial charge in [0, 0.05) is 6.04 Å². The second kappa shape index (κ2) is 6.10. The predicted octanol–water partition coefficient (Wildman–Crippen LogP) is 1.13. The Morgan fingerprint density at radius 1 is 1.22 bits per heavy atom. The van der Waals surface area contributed by atoms with Gasteiger partial charge in [0.1, 0.15) is 11.8 Å². The molecular formula is C15H20N2O5S. The van der Waals surface area contributed by atoms with Crippen LogP contribution in [0.2, 0.25) is 0 Å². The third kappa shape index (κ3) is 2.71. The molecule has 0 aromatic heterocycles. The SMILES string of the molecule is COc1ccc(S(=O)(=O)N2C3CCC(CC3)[C@@H]2C(=O)NO)cc1. The van der Waals surface area contributed by atoms with E-state index in [0.29, 0.717) is 5.75 Å². The number of ether oxygens (including phenoxy) is 1. The Balaban J connectivity index is 2.00. The van der Waals surface area contributed by atoms with Crippen molar-refractivity contribution in [3.8, 4) is 5.75 Å². The van der Waals surface area contributed by atoms with Gasteiger partial charge in [-0.05, 0) is 55.9 Å². The Morgan fingerprint density at radius 3 is 2.35 bits per heavy atom. The quantitative estimate of drug-likeness (QED) is 0.633. The van der Waals surface area contributed by atoms with Gasteiger partial charge in [-0.2, -0.15) is 4.31 Å². The molecule has 4 rings (SSSR count). The lowest BCUT2D eigenvalue weighted by molar-refractivity contribution is -0.139. The number of hydroxylamine groups is 1. The smallest absolute Gasteiger partial charge is 0.262 e. The monoisotopic (exact) mass is 340 g/mol. The highest BCUT2D eigenvalue weighted by Crippen LogP contribution is 2.42. The van der Waals surface area contributed by atoms with Crippen molar-refractivity contribution in [3.05, 3.63) is 24.3 Å². The molecule has 3 fully saturated rings. The molecule has 2 heterocycles. The normalized spacial score (nSPS) is 27.7. The van der Waals surface area contributed by atoms with E-state index < -0.39 is 22.0 Å². The van der Waals surface area contributed by atoms with Gasteiger partial charge in [-0.1, -0.05) is 0 Å². The van der Waals surface area contributed by atoms with Gasteiger partial charge in [0.15, 0.2) is 0 Å². The summed E-state index contributed by atoms with van der Waals surface area (Å²) in [5, 5.41) is 9.00. The van der Waals surface area contributed by atoms with Gasteiger partial charge in [0.2, 0.25) is 10.0 Å². The van der Waals surface area contributed by atoms with Gasteiger partial charge in [-0.3, -0.25) is 10.0 Å². The lowest BCUT2D eigenvalue weighted by Crippen LogP contribution is -2.62. The Labute approximate surface area is 135 Å². The van der Waals surface area contributed by atoms with E-state index in [0.717, 1.165) is 25.7 Å². The van der Waals surface area contributed by atoms with Crippen LogP contribution in [0, 0.1) is 5.92 Å². The highest BCUT2D eigenvalue weighted by Gasteiger charge is 2.50. The first-order valence-corrected chi connectivity index (χ1v) is 9.04. The van der Waals surface area contributed by atoms with Crippen molar-refractivity contribution < 1.29 is 23.2 Å². The predicted molar refractivity (Wildman–Crippen MR) is 81.5 cm³/mol. The first-order chi connectivity index (χ1) is 11.0. The molecule has 1 amide bonds.